The minimum absolute atomic E-state index is 0.0177. The second-order valence-corrected chi connectivity index (χ2v) is 37.0. The van der Waals surface area contributed by atoms with E-state index < -0.39 is 0 Å². The lowest BCUT2D eigenvalue weighted by molar-refractivity contribution is -0.163. The quantitative estimate of drug-likeness (QED) is 0.0243. The predicted octanol–water partition coefficient (Wildman–Crippen LogP) is 23.8. The zero-order valence-electron chi connectivity index (χ0n) is 68.1. The topological polar surface area (TPSA) is 142 Å². The van der Waals surface area contributed by atoms with Gasteiger partial charge in [-0.2, -0.15) is 0 Å². The molecule has 0 amide bonds. The highest BCUT2D eigenvalue weighted by Crippen LogP contribution is 2.71. The Kier molecular flexibility index (Phi) is 27.9. The van der Waals surface area contributed by atoms with E-state index in [9.17, 15) is 19.2 Å². The summed E-state index contributed by atoms with van der Waals surface area (Å²) in [6, 6.07) is 14.8. The third-order valence-corrected chi connectivity index (χ3v) is 30.1. The number of hydrogen-bond donors (Lipinski definition) is 0. The van der Waals surface area contributed by atoms with Crippen LogP contribution in [-0.4, -0.2) is 64.5 Å². The molecule has 0 heterocycles. The first-order valence-electron chi connectivity index (χ1n) is 42.7. The number of unbranched alkanes of at least 4 members (excludes halogenated alkanes) is 4. The summed E-state index contributed by atoms with van der Waals surface area (Å²) in [5.41, 5.74) is 5.00. The highest BCUT2D eigenvalue weighted by molar-refractivity contribution is 5.81. The molecule has 0 N–H and O–H groups in total. The molecule has 0 bridgehead atoms. The number of hydrogen-bond acceptors (Lipinski definition) is 12. The van der Waals surface area contributed by atoms with Crippen molar-refractivity contribution in [1.29, 1.82) is 0 Å². The van der Waals surface area contributed by atoms with E-state index in [0.717, 1.165) is 121 Å². The van der Waals surface area contributed by atoms with E-state index >= 15 is 0 Å². The summed E-state index contributed by atoms with van der Waals surface area (Å²) in [7, 11) is 6.31. The molecule has 8 aliphatic rings. The number of rotatable bonds is 34. The summed E-state index contributed by atoms with van der Waals surface area (Å²) in [5.74, 6) is 13.1. The molecular formula is C94H138O12. The largest absolute Gasteiger partial charge is 0.496 e. The first-order valence-corrected chi connectivity index (χ1v) is 42.7. The smallest absolute Gasteiger partial charge is 0.311 e. The third-order valence-electron chi connectivity index (χ3n) is 30.1. The van der Waals surface area contributed by atoms with E-state index in [1.165, 1.54) is 128 Å². The van der Waals surface area contributed by atoms with Gasteiger partial charge in [0, 0.05) is 49.9 Å². The molecular weight excluding hydrogens is 1320 g/mol. The van der Waals surface area contributed by atoms with Crippen LogP contribution in [0.2, 0.25) is 0 Å². The van der Waals surface area contributed by atoms with Crippen molar-refractivity contribution < 1.29 is 57.1 Å². The van der Waals surface area contributed by atoms with Crippen molar-refractivity contribution in [3.8, 4) is 34.5 Å². The Bertz CT molecular complexity index is 3200. The molecule has 3 aromatic rings. The van der Waals surface area contributed by atoms with Crippen LogP contribution in [0.1, 0.15) is 310 Å². The van der Waals surface area contributed by atoms with Gasteiger partial charge in [-0.15, -0.1) is 0 Å². The number of esters is 4. The lowest BCUT2D eigenvalue weighted by Crippen LogP contribution is -2.54. The van der Waals surface area contributed by atoms with Crippen LogP contribution < -0.4 is 28.4 Å². The third kappa shape index (κ3) is 18.8. The van der Waals surface area contributed by atoms with Crippen LogP contribution in [0.25, 0.3) is 24.3 Å². The molecule has 586 valence electrons. The minimum Gasteiger partial charge on any atom is -0.496 e. The molecule has 12 nitrogen and oxygen atoms in total. The van der Waals surface area contributed by atoms with Crippen LogP contribution >= 0.6 is 0 Å². The summed E-state index contributed by atoms with van der Waals surface area (Å²) >= 11 is 0. The Morgan fingerprint density at radius 1 is 0.387 bits per heavy atom. The fraction of sp³-hybridized carbons (Fsp3) is 0.723. The minimum atomic E-state index is -0.354. The SMILES string of the molecule is COc1cc(OC(=O)CCCCCC(=O)OC2CC[C@@]3(C)C(CC[C@H]4[C@@H]5CC[C@H]([C@H](C)CCCC(C)C)[C@@]5(C)CC[C@@H]43)C2)cc(OC)c1/C=C/c1ccc(/C=C/c2c(OC)cc(OC(=O)CCCCCC(=O)OC3CC[C@@]4(C)C(CC[C@H]5[C@@H]6CC[C@H]([C@H](C)CCCC(C)C)[C@@]6(C)CC[C@@H]54)C3)cc2OC)cc1. The molecule has 3 aromatic carbocycles. The molecule has 106 heavy (non-hydrogen) atoms. The molecule has 0 spiro atoms. The standard InChI is InChI=1S/C94H138O12/c1-61(2)23-21-25-63(5)77-43-45-79-73-41-37-67-55-69(47-51-91(67,7)81(73)49-53-93(77,79)9)103-87(95)27-17-15-19-29-89(97)105-71-57-83(99-11)75(84(58-71)100-12)39-35-65-31-33-66(34-32-65)36-40-76-85(101-13)59-72(60-86(76)102-14)106-90(98)30-20-16-18-28-88(96)104-70-48-52-92(8)68(56-70)38-42-74-80-46-44-78(64(6)26-22-24-62(3)4)94(80,10)54-50-82(74)92/h31-36,39-40,57-64,67-70,73-74,77-82H,15-30,37-38,41-56H2,1-14H3/b39-35+,40-36+/t63-,64-,67?,68?,69?,70?,73+,74+,77-,78-,79+,80+,81+,82+,91+,92+,93-,94-/m1/s1. The highest BCUT2D eigenvalue weighted by atomic mass is 16.6. The molecule has 0 saturated heterocycles. The van der Waals surface area contributed by atoms with Crippen LogP contribution in [0, 0.1) is 105 Å². The fourth-order valence-corrected chi connectivity index (χ4v) is 24.3. The first kappa shape index (κ1) is 81.2. The van der Waals surface area contributed by atoms with E-state index in [1.54, 1.807) is 52.7 Å². The maximum atomic E-state index is 13.2. The lowest BCUT2D eigenvalue weighted by atomic mass is 9.44. The number of carbonyl (C=O) groups is 4. The van der Waals surface area contributed by atoms with Crippen molar-refractivity contribution in [1.82, 2.24) is 0 Å². The summed E-state index contributed by atoms with van der Waals surface area (Å²) < 4.78 is 47.2. The van der Waals surface area contributed by atoms with Gasteiger partial charge in [-0.25, -0.2) is 0 Å². The van der Waals surface area contributed by atoms with Crippen molar-refractivity contribution in [3.63, 3.8) is 0 Å². The maximum Gasteiger partial charge on any atom is 0.311 e. The Morgan fingerprint density at radius 2 is 0.726 bits per heavy atom. The van der Waals surface area contributed by atoms with Gasteiger partial charge >= 0.3 is 23.9 Å². The van der Waals surface area contributed by atoms with Gasteiger partial charge in [0.1, 0.15) is 46.7 Å². The summed E-state index contributed by atoms with van der Waals surface area (Å²) in [6.07, 6.45) is 44.2. The van der Waals surface area contributed by atoms with Crippen LogP contribution in [0.4, 0.5) is 0 Å². The van der Waals surface area contributed by atoms with Crippen molar-refractivity contribution in [2.45, 2.75) is 300 Å². The van der Waals surface area contributed by atoms with Gasteiger partial charge in [0.2, 0.25) is 0 Å². The second-order valence-electron chi connectivity index (χ2n) is 37.0. The number of ether oxygens (including phenoxy) is 8. The van der Waals surface area contributed by atoms with Crippen molar-refractivity contribution in [2.75, 3.05) is 28.4 Å². The van der Waals surface area contributed by atoms with Gasteiger partial charge in [0.25, 0.3) is 0 Å². The Balaban J connectivity index is 0.565. The molecule has 4 unspecified atom stereocenters. The van der Waals surface area contributed by atoms with E-state index in [-0.39, 0.29) is 48.9 Å². The normalized spacial score (nSPS) is 31.5. The molecule has 0 radical (unpaired) electrons. The van der Waals surface area contributed by atoms with Gasteiger partial charge in [-0.3, -0.25) is 19.2 Å². The maximum absolute atomic E-state index is 13.2. The van der Waals surface area contributed by atoms with Gasteiger partial charge in [-0.05, 0) is 269 Å². The molecule has 12 heteroatoms. The Morgan fingerprint density at radius 3 is 1.08 bits per heavy atom. The monoisotopic (exact) mass is 1460 g/mol. The molecule has 0 aromatic heterocycles. The summed E-state index contributed by atoms with van der Waals surface area (Å²) in [5, 5.41) is 0. The van der Waals surface area contributed by atoms with Crippen molar-refractivity contribution in [2.24, 2.45) is 105 Å². The highest BCUT2D eigenvalue weighted by Gasteiger charge is 2.63. The average molecular weight is 1460 g/mol. The Labute approximate surface area is 639 Å². The van der Waals surface area contributed by atoms with E-state index in [4.69, 9.17) is 37.9 Å². The molecule has 8 saturated carbocycles. The number of methoxy groups -OCH3 is 4. The van der Waals surface area contributed by atoms with Gasteiger partial charge in [-0.1, -0.05) is 157 Å². The van der Waals surface area contributed by atoms with E-state index in [1.807, 2.05) is 48.6 Å². The average Bonchev–Trinajstić information content (AvgIpc) is 1.41. The van der Waals surface area contributed by atoms with Gasteiger partial charge < -0.3 is 37.9 Å². The second kappa shape index (κ2) is 36.4. The van der Waals surface area contributed by atoms with E-state index in [0.29, 0.717) is 118 Å². The van der Waals surface area contributed by atoms with Crippen LogP contribution in [0.3, 0.4) is 0 Å². The summed E-state index contributed by atoms with van der Waals surface area (Å²) in [6.45, 7) is 25.2. The zero-order valence-corrected chi connectivity index (χ0v) is 68.1. The Hall–Kier alpha value is -5.78. The number of benzene rings is 3. The predicted molar refractivity (Wildman–Crippen MR) is 427 cm³/mol. The fourth-order valence-electron chi connectivity index (χ4n) is 24.3. The lowest BCUT2D eigenvalue weighted by Gasteiger charge is -2.61. The zero-order chi connectivity index (χ0) is 75.5. The van der Waals surface area contributed by atoms with Crippen LogP contribution in [0.15, 0.2) is 48.5 Å². The van der Waals surface area contributed by atoms with Crippen LogP contribution in [-0.2, 0) is 28.7 Å². The molecule has 8 fully saturated rings. The summed E-state index contributed by atoms with van der Waals surface area (Å²) in [4.78, 5) is 52.8. The number of carbonyl (C=O) groups excluding carboxylic acids is 4. The van der Waals surface area contributed by atoms with Crippen molar-refractivity contribution in [3.05, 3.63) is 70.8 Å². The molecule has 11 rings (SSSR count). The van der Waals surface area contributed by atoms with E-state index in [2.05, 4.69) is 69.2 Å². The van der Waals surface area contributed by atoms with Crippen LogP contribution in [0.5, 0.6) is 34.5 Å². The van der Waals surface area contributed by atoms with Gasteiger partial charge in [0.15, 0.2) is 0 Å². The van der Waals surface area contributed by atoms with Crippen molar-refractivity contribution >= 4 is 48.2 Å². The molecule has 8 aliphatic carbocycles. The molecule has 18 atom stereocenters. The molecule has 0 aliphatic heterocycles. The van der Waals surface area contributed by atoms with Gasteiger partial charge in [0.05, 0.1) is 39.6 Å². The number of fused-ring (bicyclic) bond motifs is 10. The first-order chi connectivity index (χ1) is 50.9.